The molecule has 0 aliphatic carbocycles. The zero-order valence-corrected chi connectivity index (χ0v) is 16.3. The van der Waals surface area contributed by atoms with Gasteiger partial charge in [-0.05, 0) is 38.0 Å². The Morgan fingerprint density at radius 1 is 1.36 bits per heavy atom. The molecule has 0 aromatic heterocycles. The molecule has 1 atom stereocenters. The second-order valence-electron chi connectivity index (χ2n) is 5.62. The summed E-state index contributed by atoms with van der Waals surface area (Å²) < 4.78 is 1.02. The summed E-state index contributed by atoms with van der Waals surface area (Å²) in [5.74, 6) is 0.415. The number of phenols is 1. The Kier molecular flexibility index (Phi) is 9.67. The molecule has 0 saturated carbocycles. The van der Waals surface area contributed by atoms with E-state index in [0.29, 0.717) is 5.75 Å². The minimum absolute atomic E-state index is 0. The summed E-state index contributed by atoms with van der Waals surface area (Å²) in [6, 6.07) is 4.19. The maximum Gasteiger partial charge on any atom is 0.123 e. The number of hydrogen-bond acceptors (Lipinski definition) is 3. The van der Waals surface area contributed by atoms with Gasteiger partial charge < -0.3 is 10.4 Å². The van der Waals surface area contributed by atoms with E-state index in [0.717, 1.165) is 53.8 Å². The van der Waals surface area contributed by atoms with Gasteiger partial charge in [-0.15, -0.1) is 31.4 Å². The maximum absolute atomic E-state index is 10.4. The Labute approximate surface area is 154 Å². The van der Waals surface area contributed by atoms with E-state index in [2.05, 4.69) is 39.6 Å². The van der Waals surface area contributed by atoms with E-state index in [9.17, 15) is 5.11 Å². The third-order valence-corrected chi connectivity index (χ3v) is 4.25. The van der Waals surface area contributed by atoms with E-state index in [1.807, 2.05) is 19.1 Å². The second-order valence-corrected chi connectivity index (χ2v) is 6.54. The average molecular weight is 412 g/mol. The van der Waals surface area contributed by atoms with E-state index < -0.39 is 0 Å². The number of aromatic hydroxyl groups is 1. The molecule has 0 amide bonds. The summed E-state index contributed by atoms with van der Waals surface area (Å²) in [7, 11) is 0. The predicted octanol–water partition coefficient (Wildman–Crippen LogP) is 4.22. The van der Waals surface area contributed by atoms with Gasteiger partial charge in [-0.3, -0.25) is 4.90 Å². The lowest BCUT2D eigenvalue weighted by molar-refractivity contribution is 0.169. The summed E-state index contributed by atoms with van der Waals surface area (Å²) in [6.45, 7) is 12.1. The molecular weight excluding hydrogens is 387 g/mol. The van der Waals surface area contributed by atoms with Gasteiger partial charge in [0.2, 0.25) is 0 Å². The summed E-state index contributed by atoms with van der Waals surface area (Å²) in [5, 5.41) is 13.8. The van der Waals surface area contributed by atoms with Crippen molar-refractivity contribution in [1.82, 2.24) is 10.2 Å². The quantitative estimate of drug-likeness (QED) is 0.728. The van der Waals surface area contributed by atoms with Gasteiger partial charge in [0.25, 0.3) is 0 Å². The van der Waals surface area contributed by atoms with Gasteiger partial charge in [0.05, 0.1) is 0 Å². The highest BCUT2D eigenvalue weighted by Gasteiger charge is 2.25. The van der Waals surface area contributed by atoms with Crippen LogP contribution in [0.3, 0.4) is 0 Å². The average Bonchev–Trinajstić information content (AvgIpc) is 2.41. The lowest BCUT2D eigenvalue weighted by atomic mass is 9.95. The van der Waals surface area contributed by atoms with Gasteiger partial charge in [-0.1, -0.05) is 21.5 Å². The van der Waals surface area contributed by atoms with Gasteiger partial charge in [-0.2, -0.15) is 0 Å². The third kappa shape index (κ3) is 5.43. The van der Waals surface area contributed by atoms with Crippen LogP contribution in [0.25, 0.3) is 0 Å². The Bertz CT molecular complexity index is 505. The van der Waals surface area contributed by atoms with Crippen LogP contribution in [0.4, 0.5) is 0 Å². The monoisotopic (exact) mass is 410 g/mol. The fraction of sp³-hybridized carbons (Fsp3) is 0.500. The van der Waals surface area contributed by atoms with Crippen molar-refractivity contribution in [2.24, 2.45) is 0 Å². The fourth-order valence-corrected chi connectivity index (χ4v) is 3.37. The Balaban J connectivity index is 0.00000220. The van der Waals surface area contributed by atoms with E-state index >= 15 is 0 Å². The van der Waals surface area contributed by atoms with Crippen molar-refractivity contribution >= 4 is 40.7 Å². The number of aryl methyl sites for hydroxylation is 1. The van der Waals surface area contributed by atoms with E-state index in [4.69, 9.17) is 0 Å². The highest BCUT2D eigenvalue weighted by Crippen LogP contribution is 2.37. The molecule has 1 aliphatic heterocycles. The zero-order valence-electron chi connectivity index (χ0n) is 13.1. The van der Waals surface area contributed by atoms with E-state index in [-0.39, 0.29) is 30.9 Å². The molecule has 1 saturated heterocycles. The number of phenolic OH excluding ortho intramolecular Hbond substituents is 1. The Morgan fingerprint density at radius 2 is 1.95 bits per heavy atom. The highest BCUT2D eigenvalue weighted by molar-refractivity contribution is 9.10. The molecule has 1 aromatic rings. The topological polar surface area (TPSA) is 35.5 Å². The molecule has 1 fully saturated rings. The molecule has 1 heterocycles. The summed E-state index contributed by atoms with van der Waals surface area (Å²) in [5.41, 5.74) is 3.06. The van der Waals surface area contributed by atoms with E-state index in [1.54, 1.807) is 0 Å². The van der Waals surface area contributed by atoms with Crippen molar-refractivity contribution in [3.63, 3.8) is 0 Å². The summed E-state index contributed by atoms with van der Waals surface area (Å²) >= 11 is 3.54. The lowest BCUT2D eigenvalue weighted by Gasteiger charge is -2.36. The van der Waals surface area contributed by atoms with Crippen LogP contribution in [0.1, 0.15) is 30.5 Å². The van der Waals surface area contributed by atoms with Crippen molar-refractivity contribution in [3.8, 4) is 5.75 Å². The summed E-state index contributed by atoms with van der Waals surface area (Å²) in [6.07, 6.45) is 0.878. The fourth-order valence-electron chi connectivity index (χ4n) is 2.78. The minimum Gasteiger partial charge on any atom is -0.507 e. The van der Waals surface area contributed by atoms with Gasteiger partial charge in [0.1, 0.15) is 5.75 Å². The molecule has 0 unspecified atom stereocenters. The smallest absolute Gasteiger partial charge is 0.123 e. The molecule has 6 heteroatoms. The van der Waals surface area contributed by atoms with Gasteiger partial charge in [0.15, 0.2) is 0 Å². The van der Waals surface area contributed by atoms with Crippen LogP contribution in [-0.4, -0.2) is 36.2 Å². The van der Waals surface area contributed by atoms with Crippen LogP contribution in [0, 0.1) is 6.92 Å². The molecule has 22 heavy (non-hydrogen) atoms. The number of piperazine rings is 1. The van der Waals surface area contributed by atoms with Crippen LogP contribution >= 0.6 is 40.7 Å². The maximum atomic E-state index is 10.4. The Hall–Kier alpha value is -0.260. The lowest BCUT2D eigenvalue weighted by Crippen LogP contribution is -2.45. The summed E-state index contributed by atoms with van der Waals surface area (Å²) in [4.78, 5) is 2.44. The number of hydrogen-bond donors (Lipinski definition) is 2. The zero-order chi connectivity index (χ0) is 14.7. The van der Waals surface area contributed by atoms with Crippen LogP contribution in [0.5, 0.6) is 5.75 Å². The first-order chi connectivity index (χ1) is 9.49. The standard InChI is InChI=1S/C16H23BrN2O.2ClH/c1-11(2)8-15(19-6-4-18-5-7-19)14-10-13(17)9-12(3)16(14)20;;/h9-10,15,18,20H,1,4-8H2,2-3H3;2*1H/t15-;;/m1../s1. The normalized spacial score (nSPS) is 16.3. The van der Waals surface area contributed by atoms with Crippen LogP contribution < -0.4 is 5.32 Å². The molecule has 2 rings (SSSR count). The molecule has 2 N–H and O–H groups in total. The second kappa shape index (κ2) is 9.78. The predicted molar refractivity (Wildman–Crippen MR) is 102 cm³/mol. The van der Waals surface area contributed by atoms with Crippen LogP contribution in [-0.2, 0) is 0 Å². The molecule has 3 nitrogen and oxygen atoms in total. The van der Waals surface area contributed by atoms with Gasteiger partial charge in [-0.25, -0.2) is 0 Å². The van der Waals surface area contributed by atoms with Crippen molar-refractivity contribution in [1.29, 1.82) is 0 Å². The molecule has 126 valence electrons. The number of nitrogens with one attached hydrogen (secondary N) is 1. The Morgan fingerprint density at radius 3 is 2.50 bits per heavy atom. The number of nitrogens with zero attached hydrogens (tertiary/aromatic N) is 1. The molecular formula is C16H25BrCl2N2O. The highest BCUT2D eigenvalue weighted by atomic mass is 79.9. The molecule has 0 bridgehead atoms. The number of halogens is 3. The number of rotatable bonds is 4. The molecule has 1 aromatic carbocycles. The van der Waals surface area contributed by atoms with Gasteiger partial charge >= 0.3 is 0 Å². The van der Waals surface area contributed by atoms with Crippen molar-refractivity contribution in [2.75, 3.05) is 26.2 Å². The van der Waals surface area contributed by atoms with Crippen LogP contribution in [0.15, 0.2) is 28.8 Å². The first-order valence-corrected chi connectivity index (χ1v) is 7.86. The first-order valence-electron chi connectivity index (χ1n) is 7.07. The van der Waals surface area contributed by atoms with Crippen LogP contribution in [0.2, 0.25) is 0 Å². The molecule has 0 spiro atoms. The first kappa shape index (κ1) is 21.7. The largest absolute Gasteiger partial charge is 0.507 e. The minimum atomic E-state index is 0. The van der Waals surface area contributed by atoms with Gasteiger partial charge in [0, 0.05) is 42.3 Å². The van der Waals surface area contributed by atoms with E-state index in [1.165, 1.54) is 0 Å². The van der Waals surface area contributed by atoms with Crippen molar-refractivity contribution in [2.45, 2.75) is 26.3 Å². The third-order valence-electron chi connectivity index (χ3n) is 3.79. The SMILES string of the molecule is C=C(C)C[C@H](c1cc(Br)cc(C)c1O)N1CCNCC1.Cl.Cl. The molecule has 1 aliphatic rings. The van der Waals surface area contributed by atoms with Crippen molar-refractivity contribution in [3.05, 3.63) is 39.9 Å². The molecule has 0 radical (unpaired) electrons. The number of benzene rings is 1. The van der Waals surface area contributed by atoms with Crippen molar-refractivity contribution < 1.29 is 5.11 Å².